The van der Waals surface area contributed by atoms with E-state index in [4.69, 9.17) is 10.5 Å². The van der Waals surface area contributed by atoms with Crippen molar-refractivity contribution >= 4 is 34.8 Å². The number of nitrogens with one attached hydrogen (secondary N) is 2. The number of nitrogens with zero attached hydrogens (tertiary/aromatic N) is 4. The van der Waals surface area contributed by atoms with E-state index < -0.39 is 6.04 Å². The van der Waals surface area contributed by atoms with Gasteiger partial charge >= 0.3 is 0 Å². The summed E-state index contributed by atoms with van der Waals surface area (Å²) in [6.45, 7) is 5.73. The first-order chi connectivity index (χ1) is 18.5. The second kappa shape index (κ2) is 11.6. The fourth-order valence-corrected chi connectivity index (χ4v) is 4.65. The molecule has 0 bridgehead atoms. The molecule has 2 fully saturated rings. The van der Waals surface area contributed by atoms with Crippen LogP contribution >= 0.6 is 0 Å². The van der Waals surface area contributed by atoms with E-state index in [0.29, 0.717) is 32.3 Å². The lowest BCUT2D eigenvalue weighted by atomic mass is 10.1. The molecule has 2 amide bonds. The van der Waals surface area contributed by atoms with Crippen molar-refractivity contribution in [3.8, 4) is 11.3 Å². The third-order valence-corrected chi connectivity index (χ3v) is 6.87. The zero-order valence-corrected chi connectivity index (χ0v) is 21.5. The van der Waals surface area contributed by atoms with E-state index in [1.807, 2.05) is 47.4 Å². The van der Waals surface area contributed by atoms with E-state index >= 15 is 0 Å². The maximum atomic E-state index is 12.3. The minimum Gasteiger partial charge on any atom is -0.381 e. The number of rotatable bonds is 7. The van der Waals surface area contributed by atoms with Crippen LogP contribution < -0.4 is 21.3 Å². The monoisotopic (exact) mass is 515 g/mol. The Labute approximate surface area is 222 Å². The summed E-state index contributed by atoms with van der Waals surface area (Å²) in [6.07, 6.45) is 2.48. The van der Waals surface area contributed by atoms with Crippen molar-refractivity contribution in [1.82, 2.24) is 14.9 Å². The van der Waals surface area contributed by atoms with Gasteiger partial charge in [-0.1, -0.05) is 12.1 Å². The van der Waals surface area contributed by atoms with E-state index in [0.717, 1.165) is 47.8 Å². The molecule has 0 saturated carbocycles. The predicted molar refractivity (Wildman–Crippen MR) is 147 cm³/mol. The molecule has 10 nitrogen and oxygen atoms in total. The minimum atomic E-state index is -0.461. The van der Waals surface area contributed by atoms with Gasteiger partial charge < -0.3 is 30.9 Å². The molecule has 2 atom stereocenters. The van der Waals surface area contributed by atoms with E-state index in [1.165, 1.54) is 0 Å². The standard InChI is InChI=1S/C28H33N7O3/c1-19(29)27(37)35-15-13-34(14-16-35)24-8-6-23(7-9-24)32-28-30-12-10-25(33-28)20-2-4-22(5-3-20)31-26(36)21-11-17-38-18-21/h2-10,12,19,21H,11,13-18,29H2,1H3,(H,31,36)(H,30,32,33)/t19-,21?/m1/s1. The van der Waals surface area contributed by atoms with Crippen LogP contribution in [0.5, 0.6) is 0 Å². The van der Waals surface area contributed by atoms with Crippen molar-refractivity contribution in [3.05, 3.63) is 60.8 Å². The molecule has 0 radical (unpaired) electrons. The quantitative estimate of drug-likeness (QED) is 0.439. The fraction of sp³-hybridized carbons (Fsp3) is 0.357. The highest BCUT2D eigenvalue weighted by Gasteiger charge is 2.24. The average molecular weight is 516 g/mol. The number of carbonyl (C=O) groups is 2. The van der Waals surface area contributed by atoms with Crippen LogP contribution in [0.15, 0.2) is 60.8 Å². The summed E-state index contributed by atoms with van der Waals surface area (Å²) >= 11 is 0. The number of aromatic nitrogens is 2. The number of carbonyl (C=O) groups excluding carboxylic acids is 2. The van der Waals surface area contributed by atoms with Crippen LogP contribution in [0.2, 0.25) is 0 Å². The van der Waals surface area contributed by atoms with Crippen LogP contribution in [0, 0.1) is 5.92 Å². The van der Waals surface area contributed by atoms with Crippen LogP contribution in [0.4, 0.5) is 23.0 Å². The summed E-state index contributed by atoms with van der Waals surface area (Å²) in [5.41, 5.74) is 10.2. The molecule has 5 rings (SSSR count). The summed E-state index contributed by atoms with van der Waals surface area (Å²) in [5.74, 6) is 0.412. The van der Waals surface area contributed by atoms with Crippen molar-refractivity contribution < 1.29 is 14.3 Å². The smallest absolute Gasteiger partial charge is 0.239 e. The molecule has 3 heterocycles. The number of hydrogen-bond donors (Lipinski definition) is 3. The van der Waals surface area contributed by atoms with Crippen LogP contribution in [-0.2, 0) is 14.3 Å². The third kappa shape index (κ3) is 6.09. The molecule has 1 aromatic heterocycles. The molecule has 38 heavy (non-hydrogen) atoms. The Morgan fingerprint density at radius 3 is 2.37 bits per heavy atom. The summed E-state index contributed by atoms with van der Waals surface area (Å²) < 4.78 is 5.30. The van der Waals surface area contributed by atoms with E-state index in [9.17, 15) is 9.59 Å². The summed E-state index contributed by atoms with van der Waals surface area (Å²) in [4.78, 5) is 37.5. The van der Waals surface area contributed by atoms with Gasteiger partial charge in [0, 0.05) is 61.6 Å². The Morgan fingerprint density at radius 2 is 1.71 bits per heavy atom. The normalized spacial score (nSPS) is 18.2. The summed E-state index contributed by atoms with van der Waals surface area (Å²) in [7, 11) is 0. The molecule has 0 spiro atoms. The molecule has 4 N–H and O–H groups in total. The van der Waals surface area contributed by atoms with Crippen LogP contribution in [0.3, 0.4) is 0 Å². The lowest BCUT2D eigenvalue weighted by Gasteiger charge is -2.36. The number of nitrogens with two attached hydrogens (primary N) is 1. The molecule has 198 valence electrons. The van der Waals surface area contributed by atoms with Gasteiger partial charge in [0.1, 0.15) is 0 Å². The molecule has 10 heteroatoms. The van der Waals surface area contributed by atoms with Crippen molar-refractivity contribution in [2.75, 3.05) is 54.9 Å². The molecular formula is C28H33N7O3. The number of ether oxygens (including phenoxy) is 1. The van der Waals surface area contributed by atoms with Gasteiger partial charge in [-0.2, -0.15) is 0 Å². The summed E-state index contributed by atoms with van der Waals surface area (Å²) in [5, 5.41) is 6.23. The first-order valence-corrected chi connectivity index (χ1v) is 12.9. The largest absolute Gasteiger partial charge is 0.381 e. The first-order valence-electron chi connectivity index (χ1n) is 12.9. The number of hydrogen-bond acceptors (Lipinski definition) is 8. The van der Waals surface area contributed by atoms with Crippen molar-refractivity contribution in [3.63, 3.8) is 0 Å². The molecule has 3 aromatic rings. The van der Waals surface area contributed by atoms with Gasteiger partial charge in [0.15, 0.2) is 0 Å². The molecule has 0 aliphatic carbocycles. The highest BCUT2D eigenvalue weighted by atomic mass is 16.5. The van der Waals surface area contributed by atoms with E-state index in [-0.39, 0.29) is 17.7 Å². The lowest BCUT2D eigenvalue weighted by molar-refractivity contribution is -0.132. The minimum absolute atomic E-state index is 0.00370. The molecule has 2 aliphatic heterocycles. The van der Waals surface area contributed by atoms with Gasteiger partial charge in [0.05, 0.1) is 24.3 Å². The third-order valence-electron chi connectivity index (χ3n) is 6.87. The molecule has 2 saturated heterocycles. The van der Waals surface area contributed by atoms with Crippen molar-refractivity contribution in [2.24, 2.45) is 11.7 Å². The van der Waals surface area contributed by atoms with Gasteiger partial charge in [-0.05, 0) is 55.8 Å². The van der Waals surface area contributed by atoms with Crippen LogP contribution in [-0.4, -0.2) is 72.1 Å². The van der Waals surface area contributed by atoms with Crippen molar-refractivity contribution in [2.45, 2.75) is 19.4 Å². The molecular weight excluding hydrogens is 482 g/mol. The topological polar surface area (TPSA) is 126 Å². The second-order valence-corrected chi connectivity index (χ2v) is 9.67. The Hall–Kier alpha value is -4.02. The number of benzene rings is 2. The Kier molecular flexibility index (Phi) is 7.81. The highest BCUT2D eigenvalue weighted by Crippen LogP contribution is 2.24. The zero-order valence-electron chi connectivity index (χ0n) is 21.5. The molecule has 2 aromatic carbocycles. The Bertz CT molecular complexity index is 1250. The second-order valence-electron chi connectivity index (χ2n) is 9.67. The highest BCUT2D eigenvalue weighted by molar-refractivity contribution is 5.93. The van der Waals surface area contributed by atoms with Gasteiger partial charge in [0.2, 0.25) is 17.8 Å². The van der Waals surface area contributed by atoms with Gasteiger partial charge in [-0.3, -0.25) is 9.59 Å². The van der Waals surface area contributed by atoms with Crippen molar-refractivity contribution in [1.29, 1.82) is 0 Å². The first kappa shape index (κ1) is 25.6. The van der Waals surface area contributed by atoms with Crippen LogP contribution in [0.1, 0.15) is 13.3 Å². The van der Waals surface area contributed by atoms with E-state index in [2.05, 4.69) is 37.6 Å². The maximum Gasteiger partial charge on any atom is 0.239 e. The Morgan fingerprint density at radius 1 is 1.00 bits per heavy atom. The number of amides is 2. The summed E-state index contributed by atoms with van der Waals surface area (Å²) in [6, 6.07) is 17.1. The molecule has 2 aliphatic rings. The molecule has 1 unspecified atom stereocenters. The Balaban J connectivity index is 1.17. The average Bonchev–Trinajstić information content (AvgIpc) is 3.49. The maximum absolute atomic E-state index is 12.3. The van der Waals surface area contributed by atoms with Gasteiger partial charge in [0.25, 0.3) is 0 Å². The zero-order chi connectivity index (χ0) is 26.5. The number of anilines is 4. The SMILES string of the molecule is C[C@@H](N)C(=O)N1CCN(c2ccc(Nc3nccc(-c4ccc(NC(=O)C5CCOC5)cc4)n3)cc2)CC1. The van der Waals surface area contributed by atoms with Gasteiger partial charge in [-0.25, -0.2) is 9.97 Å². The lowest BCUT2D eigenvalue weighted by Crippen LogP contribution is -2.52. The fourth-order valence-electron chi connectivity index (χ4n) is 4.65. The predicted octanol–water partition coefficient (Wildman–Crippen LogP) is 2.86. The van der Waals surface area contributed by atoms with Gasteiger partial charge in [-0.15, -0.1) is 0 Å². The van der Waals surface area contributed by atoms with Crippen LogP contribution in [0.25, 0.3) is 11.3 Å². The number of piperazine rings is 1. The van der Waals surface area contributed by atoms with E-state index in [1.54, 1.807) is 13.1 Å².